The molecule has 1 unspecified atom stereocenters. The maximum absolute atomic E-state index is 11.9. The number of hydrogen-bond donors (Lipinski definition) is 2. The lowest BCUT2D eigenvalue weighted by Gasteiger charge is -2.18. The number of carbonyl (C=O) groups excluding carboxylic acids is 1. The molecule has 0 fully saturated rings. The molecule has 0 aromatic heterocycles. The van der Waals surface area contributed by atoms with E-state index in [1.807, 2.05) is 13.8 Å². The second-order valence-electron chi connectivity index (χ2n) is 5.96. The second kappa shape index (κ2) is 8.05. The first-order valence-corrected chi connectivity index (χ1v) is 7.58. The SMILES string of the molecule is CCC[C@H](N)C(=O)NC(C)c1ccc(CC(C)C)cc1. The molecule has 0 aliphatic rings. The molecule has 0 radical (unpaired) electrons. The molecule has 0 spiro atoms. The topological polar surface area (TPSA) is 55.1 Å². The summed E-state index contributed by atoms with van der Waals surface area (Å²) in [5.41, 5.74) is 8.28. The first kappa shape index (κ1) is 16.7. The molecule has 3 heteroatoms. The third kappa shape index (κ3) is 5.33. The van der Waals surface area contributed by atoms with Gasteiger partial charge >= 0.3 is 0 Å². The molecular formula is C17H28N2O. The Hall–Kier alpha value is -1.35. The van der Waals surface area contributed by atoms with Crippen molar-refractivity contribution in [2.75, 3.05) is 0 Å². The molecule has 3 nitrogen and oxygen atoms in total. The summed E-state index contributed by atoms with van der Waals surface area (Å²) in [5.74, 6) is 0.593. The minimum Gasteiger partial charge on any atom is -0.348 e. The molecule has 2 atom stereocenters. The Morgan fingerprint density at radius 3 is 2.30 bits per heavy atom. The maximum atomic E-state index is 11.9. The van der Waals surface area contributed by atoms with E-state index in [4.69, 9.17) is 5.73 Å². The van der Waals surface area contributed by atoms with E-state index in [9.17, 15) is 4.79 Å². The van der Waals surface area contributed by atoms with Crippen LogP contribution in [0.2, 0.25) is 0 Å². The van der Waals surface area contributed by atoms with E-state index < -0.39 is 6.04 Å². The van der Waals surface area contributed by atoms with E-state index in [1.165, 1.54) is 5.56 Å². The van der Waals surface area contributed by atoms with Gasteiger partial charge in [-0.3, -0.25) is 4.79 Å². The maximum Gasteiger partial charge on any atom is 0.237 e. The molecule has 0 saturated carbocycles. The molecule has 3 N–H and O–H groups in total. The van der Waals surface area contributed by atoms with E-state index in [0.717, 1.165) is 24.8 Å². The molecule has 0 bridgehead atoms. The van der Waals surface area contributed by atoms with Crippen molar-refractivity contribution in [1.29, 1.82) is 0 Å². The van der Waals surface area contributed by atoms with Crippen molar-refractivity contribution in [3.05, 3.63) is 35.4 Å². The van der Waals surface area contributed by atoms with Gasteiger partial charge in [-0.1, -0.05) is 51.5 Å². The van der Waals surface area contributed by atoms with Gasteiger partial charge in [-0.25, -0.2) is 0 Å². The molecule has 1 rings (SSSR count). The third-order valence-electron chi connectivity index (χ3n) is 3.42. The van der Waals surface area contributed by atoms with Crippen molar-refractivity contribution in [2.24, 2.45) is 11.7 Å². The zero-order valence-electron chi connectivity index (χ0n) is 13.1. The molecule has 1 aromatic carbocycles. The van der Waals surface area contributed by atoms with Crippen molar-refractivity contribution in [2.45, 2.75) is 59.0 Å². The van der Waals surface area contributed by atoms with Gasteiger partial charge in [0.2, 0.25) is 5.91 Å². The van der Waals surface area contributed by atoms with Gasteiger partial charge in [0.1, 0.15) is 0 Å². The van der Waals surface area contributed by atoms with Crippen LogP contribution in [0.4, 0.5) is 0 Å². The molecule has 112 valence electrons. The summed E-state index contributed by atoms with van der Waals surface area (Å²) in [5, 5.41) is 2.98. The number of benzene rings is 1. The van der Waals surface area contributed by atoms with Crippen LogP contribution in [0.3, 0.4) is 0 Å². The van der Waals surface area contributed by atoms with Crippen LogP contribution in [-0.4, -0.2) is 11.9 Å². The lowest BCUT2D eigenvalue weighted by atomic mass is 10.00. The van der Waals surface area contributed by atoms with Crippen LogP contribution < -0.4 is 11.1 Å². The summed E-state index contributed by atoms with van der Waals surface area (Å²) >= 11 is 0. The van der Waals surface area contributed by atoms with Crippen molar-refractivity contribution in [3.8, 4) is 0 Å². The van der Waals surface area contributed by atoms with Gasteiger partial charge in [-0.15, -0.1) is 0 Å². The lowest BCUT2D eigenvalue weighted by molar-refractivity contribution is -0.123. The van der Waals surface area contributed by atoms with E-state index in [1.54, 1.807) is 0 Å². The summed E-state index contributed by atoms with van der Waals surface area (Å²) in [6, 6.07) is 8.07. The van der Waals surface area contributed by atoms with Crippen molar-refractivity contribution >= 4 is 5.91 Å². The molecule has 0 aliphatic carbocycles. The zero-order chi connectivity index (χ0) is 15.1. The Morgan fingerprint density at radius 1 is 1.20 bits per heavy atom. The largest absolute Gasteiger partial charge is 0.348 e. The van der Waals surface area contributed by atoms with E-state index >= 15 is 0 Å². The average Bonchev–Trinajstić information content (AvgIpc) is 2.39. The van der Waals surface area contributed by atoms with Gasteiger partial charge in [0.15, 0.2) is 0 Å². The summed E-state index contributed by atoms with van der Waals surface area (Å²) in [7, 11) is 0. The number of carbonyl (C=O) groups is 1. The van der Waals surface area contributed by atoms with E-state index in [0.29, 0.717) is 5.92 Å². The Labute approximate surface area is 122 Å². The Bertz CT molecular complexity index is 412. The predicted octanol–water partition coefficient (Wildman–Crippen LogP) is 3.19. The number of hydrogen-bond acceptors (Lipinski definition) is 2. The van der Waals surface area contributed by atoms with Gasteiger partial charge in [-0.2, -0.15) is 0 Å². The van der Waals surface area contributed by atoms with Gasteiger partial charge in [0.25, 0.3) is 0 Å². The van der Waals surface area contributed by atoms with Gasteiger partial charge in [-0.05, 0) is 36.8 Å². The highest BCUT2D eigenvalue weighted by Crippen LogP contribution is 2.15. The first-order valence-electron chi connectivity index (χ1n) is 7.58. The van der Waals surface area contributed by atoms with Crippen LogP contribution in [0.25, 0.3) is 0 Å². The van der Waals surface area contributed by atoms with E-state index in [2.05, 4.69) is 43.4 Å². The summed E-state index contributed by atoms with van der Waals surface area (Å²) in [6.45, 7) is 8.45. The van der Waals surface area contributed by atoms with Crippen molar-refractivity contribution < 1.29 is 4.79 Å². The standard InChI is InChI=1S/C17H28N2O/c1-5-6-16(18)17(20)19-13(4)15-9-7-14(8-10-15)11-12(2)3/h7-10,12-13,16H,5-6,11,18H2,1-4H3,(H,19,20)/t13?,16-/m0/s1. The molecule has 0 saturated heterocycles. The summed E-state index contributed by atoms with van der Waals surface area (Å²) < 4.78 is 0. The highest BCUT2D eigenvalue weighted by Gasteiger charge is 2.15. The number of amides is 1. The number of nitrogens with one attached hydrogen (secondary N) is 1. The lowest BCUT2D eigenvalue weighted by Crippen LogP contribution is -2.41. The molecule has 0 heterocycles. The third-order valence-corrected chi connectivity index (χ3v) is 3.42. The fourth-order valence-electron chi connectivity index (χ4n) is 2.26. The minimum absolute atomic E-state index is 0.00138. The van der Waals surface area contributed by atoms with Gasteiger partial charge < -0.3 is 11.1 Å². The van der Waals surface area contributed by atoms with Crippen LogP contribution in [0.15, 0.2) is 24.3 Å². The minimum atomic E-state index is -0.400. The molecule has 1 amide bonds. The fourth-order valence-corrected chi connectivity index (χ4v) is 2.26. The summed E-state index contributed by atoms with van der Waals surface area (Å²) in [6.07, 6.45) is 2.74. The smallest absolute Gasteiger partial charge is 0.237 e. The molecule has 1 aromatic rings. The van der Waals surface area contributed by atoms with Crippen molar-refractivity contribution in [1.82, 2.24) is 5.32 Å². The first-order chi connectivity index (χ1) is 9.43. The fraction of sp³-hybridized carbons (Fsp3) is 0.588. The second-order valence-corrected chi connectivity index (χ2v) is 5.96. The number of rotatable bonds is 7. The van der Waals surface area contributed by atoms with E-state index in [-0.39, 0.29) is 11.9 Å². The van der Waals surface area contributed by atoms with Crippen LogP contribution in [0.5, 0.6) is 0 Å². The van der Waals surface area contributed by atoms with Crippen molar-refractivity contribution in [3.63, 3.8) is 0 Å². The van der Waals surface area contributed by atoms with Crippen LogP contribution in [0, 0.1) is 5.92 Å². The quantitative estimate of drug-likeness (QED) is 0.803. The monoisotopic (exact) mass is 276 g/mol. The average molecular weight is 276 g/mol. The molecule has 0 aliphatic heterocycles. The molecular weight excluding hydrogens is 248 g/mol. The summed E-state index contributed by atoms with van der Waals surface area (Å²) in [4.78, 5) is 11.9. The van der Waals surface area contributed by atoms with Gasteiger partial charge in [0, 0.05) is 0 Å². The highest BCUT2D eigenvalue weighted by molar-refractivity contribution is 5.81. The normalized spacial score (nSPS) is 14.1. The predicted molar refractivity (Wildman–Crippen MR) is 84.4 cm³/mol. The Morgan fingerprint density at radius 2 is 1.80 bits per heavy atom. The van der Waals surface area contributed by atoms with Crippen LogP contribution in [-0.2, 0) is 11.2 Å². The highest BCUT2D eigenvalue weighted by atomic mass is 16.2. The number of nitrogens with two attached hydrogens (primary N) is 1. The Kier molecular flexibility index (Phi) is 6.73. The van der Waals surface area contributed by atoms with Gasteiger partial charge in [0.05, 0.1) is 12.1 Å². The Balaban J connectivity index is 2.59. The van der Waals surface area contributed by atoms with Crippen LogP contribution in [0.1, 0.15) is 57.7 Å². The zero-order valence-corrected chi connectivity index (χ0v) is 13.1. The molecule has 20 heavy (non-hydrogen) atoms. The van der Waals surface area contributed by atoms with Crippen LogP contribution >= 0.6 is 0 Å².